The Morgan fingerprint density at radius 2 is 2.31 bits per heavy atom. The minimum atomic E-state index is -3.73. The number of carbonyl (C=O) groups is 1. The summed E-state index contributed by atoms with van der Waals surface area (Å²) in [6.07, 6.45) is 2.87. The number of nitrogens with one attached hydrogen (secondary N) is 2. The number of sulfonamides is 1. The van der Waals surface area contributed by atoms with Gasteiger partial charge in [-0.3, -0.25) is 4.79 Å². The van der Waals surface area contributed by atoms with Gasteiger partial charge in [0, 0.05) is 12.6 Å². The van der Waals surface area contributed by atoms with Gasteiger partial charge in [0.05, 0.1) is 0 Å². The minimum Gasteiger partial charge on any atom is -0.480 e. The molecule has 94 valence electrons. The van der Waals surface area contributed by atoms with Gasteiger partial charge in [0.15, 0.2) is 5.25 Å². The van der Waals surface area contributed by atoms with E-state index < -0.39 is 21.2 Å². The first-order valence-electron chi connectivity index (χ1n) is 5.38. The topological polar surface area (TPSA) is 95.5 Å². The highest BCUT2D eigenvalue weighted by molar-refractivity contribution is 7.90. The molecule has 0 bridgehead atoms. The predicted octanol–water partition coefficient (Wildman–Crippen LogP) is -0.479. The second-order valence-corrected chi connectivity index (χ2v) is 6.09. The fourth-order valence-corrected chi connectivity index (χ4v) is 2.55. The van der Waals surface area contributed by atoms with Crippen LogP contribution in [0.25, 0.3) is 0 Å². The number of hydrogen-bond donors (Lipinski definition) is 3. The molecule has 1 fully saturated rings. The maximum atomic E-state index is 11.4. The van der Waals surface area contributed by atoms with Crippen LogP contribution in [-0.2, 0) is 14.8 Å². The van der Waals surface area contributed by atoms with Gasteiger partial charge in [-0.05, 0) is 32.7 Å². The van der Waals surface area contributed by atoms with Crippen LogP contribution in [0.15, 0.2) is 0 Å². The predicted molar refractivity (Wildman–Crippen MR) is 59.7 cm³/mol. The average molecular weight is 250 g/mol. The van der Waals surface area contributed by atoms with Crippen LogP contribution in [0.5, 0.6) is 0 Å². The molecular formula is C9H18N2O4S. The summed E-state index contributed by atoms with van der Waals surface area (Å²) < 4.78 is 25.2. The van der Waals surface area contributed by atoms with Crippen molar-refractivity contribution in [2.45, 2.75) is 37.5 Å². The van der Waals surface area contributed by atoms with Crippen molar-refractivity contribution >= 4 is 16.0 Å². The number of rotatable bonds is 6. The van der Waals surface area contributed by atoms with Gasteiger partial charge in [0.1, 0.15) is 0 Å². The third-order valence-electron chi connectivity index (χ3n) is 2.77. The first kappa shape index (κ1) is 13.4. The van der Waals surface area contributed by atoms with Crippen molar-refractivity contribution < 1.29 is 18.3 Å². The molecule has 1 heterocycles. The summed E-state index contributed by atoms with van der Waals surface area (Å²) in [7, 11) is -3.73. The summed E-state index contributed by atoms with van der Waals surface area (Å²) >= 11 is 0. The van der Waals surface area contributed by atoms with Crippen molar-refractivity contribution in [2.75, 3.05) is 13.1 Å². The van der Waals surface area contributed by atoms with E-state index in [9.17, 15) is 13.2 Å². The smallest absolute Gasteiger partial charge is 0.323 e. The summed E-state index contributed by atoms with van der Waals surface area (Å²) in [4.78, 5) is 10.5. The van der Waals surface area contributed by atoms with E-state index in [1.807, 2.05) is 0 Å². The molecule has 16 heavy (non-hydrogen) atoms. The van der Waals surface area contributed by atoms with E-state index >= 15 is 0 Å². The molecule has 3 N–H and O–H groups in total. The number of carboxylic acid groups (broad SMARTS) is 1. The highest BCUT2D eigenvalue weighted by Crippen LogP contribution is 2.08. The molecule has 1 rings (SSSR count). The molecule has 1 aliphatic heterocycles. The zero-order valence-electron chi connectivity index (χ0n) is 9.27. The Kier molecular flexibility index (Phi) is 4.69. The Hall–Kier alpha value is -0.660. The number of aliphatic carboxylic acids is 1. The van der Waals surface area contributed by atoms with Gasteiger partial charge in [0.25, 0.3) is 0 Å². The normalized spacial score (nSPS) is 23.2. The Balaban J connectivity index is 2.33. The fourth-order valence-electron chi connectivity index (χ4n) is 1.64. The molecular weight excluding hydrogens is 232 g/mol. The molecule has 0 amide bonds. The third kappa shape index (κ3) is 3.73. The zero-order valence-corrected chi connectivity index (χ0v) is 10.1. The van der Waals surface area contributed by atoms with Gasteiger partial charge < -0.3 is 10.4 Å². The maximum Gasteiger partial charge on any atom is 0.323 e. The van der Waals surface area contributed by atoms with E-state index in [2.05, 4.69) is 10.0 Å². The van der Waals surface area contributed by atoms with E-state index in [4.69, 9.17) is 5.11 Å². The van der Waals surface area contributed by atoms with Crippen LogP contribution in [0.4, 0.5) is 0 Å². The van der Waals surface area contributed by atoms with Crippen LogP contribution in [0.2, 0.25) is 0 Å². The van der Waals surface area contributed by atoms with E-state index in [1.165, 1.54) is 6.92 Å². The number of carboxylic acids is 1. The maximum absolute atomic E-state index is 11.4. The quantitative estimate of drug-likeness (QED) is 0.592. The van der Waals surface area contributed by atoms with E-state index in [-0.39, 0.29) is 6.54 Å². The van der Waals surface area contributed by atoms with Crippen molar-refractivity contribution in [3.8, 4) is 0 Å². The first-order chi connectivity index (χ1) is 7.43. The van der Waals surface area contributed by atoms with Gasteiger partial charge in [-0.2, -0.15) is 0 Å². The second-order valence-electron chi connectivity index (χ2n) is 4.00. The van der Waals surface area contributed by atoms with Crippen LogP contribution in [0.1, 0.15) is 26.2 Å². The molecule has 0 aliphatic carbocycles. The molecule has 1 saturated heterocycles. The molecule has 0 aromatic heterocycles. The zero-order chi connectivity index (χ0) is 12.2. The van der Waals surface area contributed by atoms with Gasteiger partial charge in [-0.15, -0.1) is 0 Å². The highest BCUT2D eigenvalue weighted by Gasteiger charge is 2.27. The minimum absolute atomic E-state index is 0.289. The van der Waals surface area contributed by atoms with Gasteiger partial charge >= 0.3 is 5.97 Å². The van der Waals surface area contributed by atoms with Crippen molar-refractivity contribution in [1.29, 1.82) is 0 Å². The molecule has 2 atom stereocenters. The summed E-state index contributed by atoms with van der Waals surface area (Å²) in [6, 6.07) is 0.350. The van der Waals surface area contributed by atoms with Crippen LogP contribution in [0, 0.1) is 0 Å². The van der Waals surface area contributed by atoms with E-state index in [0.29, 0.717) is 12.5 Å². The van der Waals surface area contributed by atoms with Gasteiger partial charge in [-0.25, -0.2) is 13.1 Å². The van der Waals surface area contributed by atoms with Crippen LogP contribution in [-0.4, -0.2) is 43.9 Å². The van der Waals surface area contributed by atoms with Gasteiger partial charge in [-0.1, -0.05) is 0 Å². The van der Waals surface area contributed by atoms with E-state index in [1.54, 1.807) is 0 Å². The Morgan fingerprint density at radius 3 is 2.81 bits per heavy atom. The van der Waals surface area contributed by atoms with Crippen LogP contribution in [0.3, 0.4) is 0 Å². The Bertz CT molecular complexity index is 335. The largest absolute Gasteiger partial charge is 0.480 e. The molecule has 0 radical (unpaired) electrons. The SMILES string of the molecule is CC(C(=O)O)S(=O)(=O)NCC[C@H]1CCCN1. The lowest BCUT2D eigenvalue weighted by Gasteiger charge is -2.12. The summed E-state index contributed by atoms with van der Waals surface area (Å²) in [6.45, 7) is 2.43. The second kappa shape index (κ2) is 5.60. The number of hydrogen-bond acceptors (Lipinski definition) is 4. The molecule has 0 aromatic rings. The molecule has 1 unspecified atom stereocenters. The molecule has 0 spiro atoms. The van der Waals surface area contributed by atoms with Crippen LogP contribution < -0.4 is 10.0 Å². The van der Waals surface area contributed by atoms with Crippen molar-refractivity contribution in [3.63, 3.8) is 0 Å². The Labute approximate surface area is 95.5 Å². The lowest BCUT2D eigenvalue weighted by Crippen LogP contribution is -2.39. The van der Waals surface area contributed by atoms with Crippen molar-refractivity contribution in [3.05, 3.63) is 0 Å². The lowest BCUT2D eigenvalue weighted by molar-refractivity contribution is -0.136. The third-order valence-corrected chi connectivity index (χ3v) is 4.51. The summed E-state index contributed by atoms with van der Waals surface area (Å²) in [5.41, 5.74) is 0. The average Bonchev–Trinajstić information content (AvgIpc) is 2.69. The highest BCUT2D eigenvalue weighted by atomic mass is 32.2. The standard InChI is InChI=1S/C9H18N2O4S/c1-7(9(12)13)16(14,15)11-6-4-8-3-2-5-10-8/h7-8,10-11H,2-6H2,1H3,(H,12,13)/t7?,8-/m1/s1. The Morgan fingerprint density at radius 1 is 1.62 bits per heavy atom. The van der Waals surface area contributed by atoms with Gasteiger partial charge in [0.2, 0.25) is 10.0 Å². The molecule has 0 aromatic carbocycles. The molecule has 1 aliphatic rings. The van der Waals surface area contributed by atoms with Crippen molar-refractivity contribution in [1.82, 2.24) is 10.0 Å². The first-order valence-corrected chi connectivity index (χ1v) is 6.93. The fraction of sp³-hybridized carbons (Fsp3) is 0.889. The summed E-state index contributed by atoms with van der Waals surface area (Å²) in [5, 5.41) is 10.4. The summed E-state index contributed by atoms with van der Waals surface area (Å²) in [5.74, 6) is -1.33. The molecule has 6 nitrogen and oxygen atoms in total. The monoisotopic (exact) mass is 250 g/mol. The van der Waals surface area contributed by atoms with Crippen molar-refractivity contribution in [2.24, 2.45) is 0 Å². The molecule has 0 saturated carbocycles. The van der Waals surface area contributed by atoms with Crippen LogP contribution >= 0.6 is 0 Å². The molecule has 7 heteroatoms. The van der Waals surface area contributed by atoms with E-state index in [0.717, 1.165) is 19.4 Å². The lowest BCUT2D eigenvalue weighted by atomic mass is 10.2.